The van der Waals surface area contributed by atoms with Gasteiger partial charge >= 0.3 is 0 Å². The monoisotopic (exact) mass is 273 g/mol. The minimum absolute atomic E-state index is 0.891. The average Bonchev–Trinajstić information content (AvgIpc) is 3.01. The zero-order valence-corrected chi connectivity index (χ0v) is 12.4. The molecule has 1 heterocycles. The highest BCUT2D eigenvalue weighted by atomic mass is 15.3. The van der Waals surface area contributed by atoms with E-state index in [0.29, 0.717) is 0 Å². The van der Waals surface area contributed by atoms with Gasteiger partial charge in [-0.25, -0.2) is 0 Å². The van der Waals surface area contributed by atoms with E-state index in [2.05, 4.69) is 21.9 Å². The van der Waals surface area contributed by atoms with Gasteiger partial charge in [0, 0.05) is 44.5 Å². The quantitative estimate of drug-likeness (QED) is 0.855. The zero-order chi connectivity index (χ0) is 13.8. The summed E-state index contributed by atoms with van der Waals surface area (Å²) in [6, 6.07) is 9.15. The van der Waals surface area contributed by atoms with Crippen LogP contribution < -0.4 is 5.73 Å². The molecule has 1 aromatic rings. The normalized spacial score (nSPS) is 22.4. The van der Waals surface area contributed by atoms with Gasteiger partial charge in [-0.3, -0.25) is 4.90 Å². The van der Waals surface area contributed by atoms with Gasteiger partial charge in [0.05, 0.1) is 0 Å². The van der Waals surface area contributed by atoms with Crippen LogP contribution in [0, 0.1) is 0 Å². The predicted octanol–water partition coefficient (Wildman–Crippen LogP) is 2.37. The first-order valence-corrected chi connectivity index (χ1v) is 8.13. The van der Waals surface area contributed by atoms with Crippen molar-refractivity contribution in [1.29, 1.82) is 0 Å². The van der Waals surface area contributed by atoms with E-state index in [9.17, 15) is 0 Å². The summed E-state index contributed by atoms with van der Waals surface area (Å²) in [6.45, 7) is 6.11. The number of benzene rings is 1. The molecule has 3 heteroatoms. The smallest absolute Gasteiger partial charge is 0.0347 e. The third kappa shape index (κ3) is 3.33. The van der Waals surface area contributed by atoms with Crippen molar-refractivity contribution in [1.82, 2.24) is 9.80 Å². The molecular formula is C17H27N3. The molecule has 0 radical (unpaired) electrons. The van der Waals surface area contributed by atoms with Gasteiger partial charge in [0.25, 0.3) is 0 Å². The lowest BCUT2D eigenvalue weighted by Crippen LogP contribution is -2.50. The van der Waals surface area contributed by atoms with Gasteiger partial charge in [-0.05, 0) is 30.9 Å². The van der Waals surface area contributed by atoms with Crippen LogP contribution in [0.15, 0.2) is 24.3 Å². The number of hydrogen-bond donors (Lipinski definition) is 1. The highest BCUT2D eigenvalue weighted by Crippen LogP contribution is 2.24. The van der Waals surface area contributed by atoms with Gasteiger partial charge in [-0.2, -0.15) is 0 Å². The molecule has 2 fully saturated rings. The number of para-hydroxylation sites is 1. The number of piperazine rings is 1. The second-order valence-electron chi connectivity index (χ2n) is 6.26. The molecule has 2 N–H and O–H groups in total. The Balaban J connectivity index is 1.43. The minimum atomic E-state index is 0.891. The van der Waals surface area contributed by atoms with Crippen LogP contribution in [0.1, 0.15) is 31.2 Å². The molecule has 2 aliphatic rings. The molecule has 0 aromatic heterocycles. The van der Waals surface area contributed by atoms with Crippen LogP contribution in [0.2, 0.25) is 0 Å². The maximum atomic E-state index is 6.01. The van der Waals surface area contributed by atoms with Crippen molar-refractivity contribution < 1.29 is 0 Å². The van der Waals surface area contributed by atoms with E-state index in [0.717, 1.165) is 24.7 Å². The summed E-state index contributed by atoms with van der Waals surface area (Å²) in [6.07, 6.45) is 6.83. The molecule has 0 unspecified atom stereocenters. The third-order valence-electron chi connectivity index (χ3n) is 5.00. The fourth-order valence-corrected chi connectivity index (χ4v) is 3.66. The second-order valence-corrected chi connectivity index (χ2v) is 6.26. The predicted molar refractivity (Wildman–Crippen MR) is 84.8 cm³/mol. The van der Waals surface area contributed by atoms with Crippen LogP contribution in [0.25, 0.3) is 0 Å². The van der Waals surface area contributed by atoms with E-state index in [1.807, 2.05) is 12.1 Å². The van der Waals surface area contributed by atoms with Crippen LogP contribution >= 0.6 is 0 Å². The topological polar surface area (TPSA) is 32.5 Å². The fraction of sp³-hybridized carbons (Fsp3) is 0.647. The van der Waals surface area contributed by atoms with Gasteiger partial charge in [0.15, 0.2) is 0 Å². The number of nitrogen functional groups attached to an aromatic ring is 1. The molecule has 0 amide bonds. The Hall–Kier alpha value is -1.06. The van der Waals surface area contributed by atoms with Crippen LogP contribution in [0.4, 0.5) is 5.69 Å². The summed E-state index contributed by atoms with van der Waals surface area (Å²) in [7, 11) is 0. The highest BCUT2D eigenvalue weighted by Gasteiger charge is 2.25. The number of hydrogen-bond acceptors (Lipinski definition) is 3. The third-order valence-corrected chi connectivity index (χ3v) is 5.00. The fourth-order valence-electron chi connectivity index (χ4n) is 3.66. The van der Waals surface area contributed by atoms with Gasteiger partial charge in [0.1, 0.15) is 0 Å². The largest absolute Gasteiger partial charge is 0.399 e. The van der Waals surface area contributed by atoms with E-state index >= 15 is 0 Å². The lowest BCUT2D eigenvalue weighted by molar-refractivity contribution is 0.0987. The Bertz CT molecular complexity index is 418. The van der Waals surface area contributed by atoms with Crippen molar-refractivity contribution in [2.75, 3.05) is 38.5 Å². The first-order valence-electron chi connectivity index (χ1n) is 8.13. The molecule has 0 spiro atoms. The van der Waals surface area contributed by atoms with E-state index in [4.69, 9.17) is 5.73 Å². The molecule has 1 aliphatic carbocycles. The number of anilines is 1. The maximum Gasteiger partial charge on any atom is 0.0347 e. The Morgan fingerprint density at radius 1 is 1.00 bits per heavy atom. The zero-order valence-electron chi connectivity index (χ0n) is 12.4. The summed E-state index contributed by atoms with van der Waals surface area (Å²) in [5, 5.41) is 0. The first-order chi connectivity index (χ1) is 9.83. The van der Waals surface area contributed by atoms with E-state index in [1.54, 1.807) is 0 Å². The van der Waals surface area contributed by atoms with Crippen molar-refractivity contribution >= 4 is 5.69 Å². The van der Waals surface area contributed by atoms with Crippen molar-refractivity contribution in [3.63, 3.8) is 0 Å². The molecule has 20 heavy (non-hydrogen) atoms. The minimum Gasteiger partial charge on any atom is -0.399 e. The summed E-state index contributed by atoms with van der Waals surface area (Å²) in [5.41, 5.74) is 8.25. The van der Waals surface area contributed by atoms with Crippen molar-refractivity contribution in [2.24, 2.45) is 0 Å². The average molecular weight is 273 g/mol. The Morgan fingerprint density at radius 2 is 1.70 bits per heavy atom. The Labute approximate surface area is 122 Å². The summed E-state index contributed by atoms with van der Waals surface area (Å²) >= 11 is 0. The van der Waals surface area contributed by atoms with Crippen molar-refractivity contribution in [2.45, 2.75) is 38.1 Å². The maximum absolute atomic E-state index is 6.01. The first kappa shape index (κ1) is 13.9. The molecule has 1 saturated carbocycles. The van der Waals surface area contributed by atoms with Gasteiger partial charge in [0.2, 0.25) is 0 Å². The number of nitrogens with two attached hydrogens (primary N) is 1. The molecule has 0 atom stereocenters. The van der Waals surface area contributed by atoms with Gasteiger partial charge in [-0.1, -0.05) is 31.0 Å². The van der Waals surface area contributed by atoms with Crippen LogP contribution in [-0.4, -0.2) is 48.6 Å². The number of nitrogens with zero attached hydrogens (tertiary/aromatic N) is 2. The summed E-state index contributed by atoms with van der Waals surface area (Å²) in [5.74, 6) is 0. The lowest BCUT2D eigenvalue weighted by atomic mass is 10.1. The molecule has 1 aliphatic heterocycles. The molecular weight excluding hydrogens is 246 g/mol. The molecule has 0 bridgehead atoms. The second kappa shape index (κ2) is 6.59. The van der Waals surface area contributed by atoms with Crippen LogP contribution in [0.3, 0.4) is 0 Å². The molecule has 3 nitrogen and oxygen atoms in total. The van der Waals surface area contributed by atoms with Gasteiger partial charge in [-0.15, -0.1) is 0 Å². The van der Waals surface area contributed by atoms with Crippen LogP contribution in [0.5, 0.6) is 0 Å². The van der Waals surface area contributed by atoms with E-state index in [1.165, 1.54) is 57.4 Å². The van der Waals surface area contributed by atoms with Crippen molar-refractivity contribution in [3.05, 3.63) is 29.8 Å². The molecule has 3 rings (SSSR count). The van der Waals surface area contributed by atoms with E-state index in [-0.39, 0.29) is 0 Å². The molecule has 1 aromatic carbocycles. The summed E-state index contributed by atoms with van der Waals surface area (Å²) in [4.78, 5) is 5.32. The van der Waals surface area contributed by atoms with E-state index < -0.39 is 0 Å². The Kier molecular flexibility index (Phi) is 4.58. The van der Waals surface area contributed by atoms with Crippen LogP contribution in [-0.2, 0) is 6.42 Å². The highest BCUT2D eigenvalue weighted by molar-refractivity contribution is 5.46. The lowest BCUT2D eigenvalue weighted by Gasteiger charge is -2.38. The Morgan fingerprint density at radius 3 is 2.40 bits per heavy atom. The SMILES string of the molecule is Nc1ccccc1CCN1CCN(C2CCCC2)CC1. The number of rotatable bonds is 4. The molecule has 1 saturated heterocycles. The van der Waals surface area contributed by atoms with Gasteiger partial charge < -0.3 is 10.6 Å². The van der Waals surface area contributed by atoms with Crippen molar-refractivity contribution in [3.8, 4) is 0 Å². The molecule has 110 valence electrons. The standard InChI is InChI=1S/C17H27N3/c18-17-8-4-1-5-15(17)9-10-19-11-13-20(14-12-19)16-6-2-3-7-16/h1,4-5,8,16H,2-3,6-7,9-14,18H2. The summed E-state index contributed by atoms with van der Waals surface area (Å²) < 4.78 is 0.